The normalized spacial score (nSPS) is 19.9. The van der Waals surface area contributed by atoms with E-state index in [1.54, 1.807) is 7.11 Å². The zero-order valence-corrected chi connectivity index (χ0v) is 12.9. The highest BCUT2D eigenvalue weighted by atomic mass is 16.5. The van der Waals surface area contributed by atoms with Crippen molar-refractivity contribution in [3.8, 4) is 5.75 Å². The van der Waals surface area contributed by atoms with Crippen LogP contribution in [0.1, 0.15) is 57.6 Å². The van der Waals surface area contributed by atoms with Crippen LogP contribution in [0, 0.1) is 0 Å². The van der Waals surface area contributed by atoms with E-state index in [9.17, 15) is 0 Å². The predicted molar refractivity (Wildman–Crippen MR) is 82.0 cm³/mol. The van der Waals surface area contributed by atoms with Crippen molar-refractivity contribution >= 4 is 0 Å². The van der Waals surface area contributed by atoms with Crippen molar-refractivity contribution in [2.45, 2.75) is 63.7 Å². The third-order valence-corrected chi connectivity index (χ3v) is 4.26. The molecule has 0 spiro atoms. The number of hydrogen-bond acceptors (Lipinski definition) is 3. The van der Waals surface area contributed by atoms with E-state index < -0.39 is 0 Å². The Balaban J connectivity index is 2.20. The van der Waals surface area contributed by atoms with Crippen molar-refractivity contribution in [1.82, 2.24) is 0 Å². The molecule has 112 valence electrons. The number of methoxy groups -OCH3 is 1. The molecule has 0 aromatic heterocycles. The van der Waals surface area contributed by atoms with Gasteiger partial charge in [-0.1, -0.05) is 31.4 Å². The molecule has 3 nitrogen and oxygen atoms in total. The second-order valence-corrected chi connectivity index (χ2v) is 6.05. The second kappa shape index (κ2) is 6.59. The molecule has 2 N–H and O–H groups in total. The molecule has 1 fully saturated rings. The summed E-state index contributed by atoms with van der Waals surface area (Å²) in [5.74, 6) is 0.884. The first kappa shape index (κ1) is 15.3. The molecule has 0 bridgehead atoms. The van der Waals surface area contributed by atoms with Gasteiger partial charge in [0.2, 0.25) is 0 Å². The van der Waals surface area contributed by atoms with Crippen LogP contribution < -0.4 is 10.5 Å². The molecule has 0 radical (unpaired) electrons. The quantitative estimate of drug-likeness (QED) is 0.889. The van der Waals surface area contributed by atoms with E-state index >= 15 is 0 Å². The second-order valence-electron chi connectivity index (χ2n) is 6.05. The van der Waals surface area contributed by atoms with Crippen LogP contribution in [-0.2, 0) is 4.74 Å². The molecule has 1 aliphatic rings. The number of nitrogens with two attached hydrogens (primary N) is 1. The zero-order valence-electron chi connectivity index (χ0n) is 12.9. The van der Waals surface area contributed by atoms with Crippen molar-refractivity contribution in [3.05, 3.63) is 29.8 Å². The van der Waals surface area contributed by atoms with E-state index in [0.717, 1.165) is 24.2 Å². The van der Waals surface area contributed by atoms with Crippen molar-refractivity contribution in [2.75, 3.05) is 7.11 Å². The molecule has 20 heavy (non-hydrogen) atoms. The highest BCUT2D eigenvalue weighted by Gasteiger charge is 2.38. The van der Waals surface area contributed by atoms with Gasteiger partial charge in [-0.15, -0.1) is 0 Å². The molecule has 1 aliphatic carbocycles. The minimum atomic E-state index is -0.214. The van der Waals surface area contributed by atoms with Gasteiger partial charge in [-0.05, 0) is 44.4 Å². The molecule has 1 atom stereocenters. The Morgan fingerprint density at radius 1 is 1.15 bits per heavy atom. The summed E-state index contributed by atoms with van der Waals surface area (Å²) in [6, 6.07) is 8.03. The average molecular weight is 277 g/mol. The molecule has 1 saturated carbocycles. The van der Waals surface area contributed by atoms with Crippen LogP contribution in [0.15, 0.2) is 24.3 Å². The van der Waals surface area contributed by atoms with Crippen LogP contribution in [0.5, 0.6) is 5.75 Å². The highest BCUT2D eigenvalue weighted by molar-refractivity contribution is 5.32. The Hall–Kier alpha value is -1.06. The van der Waals surface area contributed by atoms with Gasteiger partial charge in [0.05, 0.1) is 17.7 Å². The van der Waals surface area contributed by atoms with Crippen molar-refractivity contribution in [3.63, 3.8) is 0 Å². The minimum Gasteiger partial charge on any atom is -0.491 e. The molecule has 1 unspecified atom stereocenters. The Bertz CT molecular complexity index is 425. The fourth-order valence-corrected chi connectivity index (χ4v) is 3.15. The third-order valence-electron chi connectivity index (χ3n) is 4.26. The molecule has 1 aromatic rings. The van der Waals surface area contributed by atoms with E-state index in [4.69, 9.17) is 15.2 Å². The van der Waals surface area contributed by atoms with Gasteiger partial charge in [0.25, 0.3) is 0 Å². The molecule has 0 saturated heterocycles. The molecule has 1 aromatic carbocycles. The lowest BCUT2D eigenvalue weighted by molar-refractivity contribution is -0.0595. The summed E-state index contributed by atoms with van der Waals surface area (Å²) in [5.41, 5.74) is 7.42. The summed E-state index contributed by atoms with van der Waals surface area (Å²) in [6.45, 7) is 4.06. The number of hydrogen-bond donors (Lipinski definition) is 1. The van der Waals surface area contributed by atoms with Crippen LogP contribution in [0.25, 0.3) is 0 Å². The lowest BCUT2D eigenvalue weighted by Gasteiger charge is -2.41. The Morgan fingerprint density at radius 2 is 1.85 bits per heavy atom. The summed E-state index contributed by atoms with van der Waals surface area (Å²) in [7, 11) is 1.79. The molecule has 3 heteroatoms. The predicted octanol–water partition coefficient (Wildman–Crippen LogP) is 3.82. The maximum absolute atomic E-state index is 6.53. The van der Waals surface area contributed by atoms with Crippen molar-refractivity contribution < 1.29 is 9.47 Å². The smallest absolute Gasteiger partial charge is 0.120 e. The van der Waals surface area contributed by atoms with Crippen molar-refractivity contribution in [2.24, 2.45) is 5.73 Å². The Labute approximate surface area is 122 Å². The first-order valence-electron chi connectivity index (χ1n) is 7.65. The molecule has 0 aliphatic heterocycles. The number of benzene rings is 1. The van der Waals surface area contributed by atoms with Crippen LogP contribution in [0.3, 0.4) is 0 Å². The lowest BCUT2D eigenvalue weighted by atomic mass is 9.77. The van der Waals surface area contributed by atoms with Crippen LogP contribution in [0.2, 0.25) is 0 Å². The topological polar surface area (TPSA) is 44.5 Å². The summed E-state index contributed by atoms with van der Waals surface area (Å²) in [6.07, 6.45) is 5.94. The third kappa shape index (κ3) is 3.33. The monoisotopic (exact) mass is 277 g/mol. The van der Waals surface area contributed by atoms with Gasteiger partial charge < -0.3 is 15.2 Å². The Morgan fingerprint density at radius 3 is 2.45 bits per heavy atom. The van der Waals surface area contributed by atoms with Gasteiger partial charge in [0, 0.05) is 7.11 Å². The standard InChI is InChI=1S/C17H27NO2/c1-13(2)20-15-9-7-8-14(12-15)16(18)17(19-3)10-5-4-6-11-17/h7-9,12-13,16H,4-6,10-11,18H2,1-3H3. The Kier molecular flexibility index (Phi) is 5.06. The fraction of sp³-hybridized carbons (Fsp3) is 0.647. The zero-order chi connectivity index (χ0) is 14.6. The van der Waals surface area contributed by atoms with Crippen LogP contribution in [0.4, 0.5) is 0 Å². The minimum absolute atomic E-state index is 0.0940. The molecular weight excluding hydrogens is 250 g/mol. The van der Waals surface area contributed by atoms with Gasteiger partial charge in [0.15, 0.2) is 0 Å². The largest absolute Gasteiger partial charge is 0.491 e. The highest BCUT2D eigenvalue weighted by Crippen LogP contribution is 2.40. The summed E-state index contributed by atoms with van der Waals surface area (Å²) in [5, 5.41) is 0. The molecule has 2 rings (SSSR count). The molecule has 0 heterocycles. The lowest BCUT2D eigenvalue weighted by Crippen LogP contribution is -2.44. The maximum atomic E-state index is 6.53. The van der Waals surface area contributed by atoms with Gasteiger partial charge in [-0.2, -0.15) is 0 Å². The van der Waals surface area contributed by atoms with E-state index in [2.05, 4.69) is 12.1 Å². The summed E-state index contributed by atoms with van der Waals surface area (Å²) >= 11 is 0. The van der Waals surface area contributed by atoms with Gasteiger partial charge >= 0.3 is 0 Å². The average Bonchev–Trinajstić information content (AvgIpc) is 2.47. The fourth-order valence-electron chi connectivity index (χ4n) is 3.15. The van der Waals surface area contributed by atoms with Gasteiger partial charge in [-0.25, -0.2) is 0 Å². The summed E-state index contributed by atoms with van der Waals surface area (Å²) < 4.78 is 11.6. The van der Waals surface area contributed by atoms with E-state index in [1.165, 1.54) is 19.3 Å². The van der Waals surface area contributed by atoms with E-state index in [0.29, 0.717) is 0 Å². The first-order valence-corrected chi connectivity index (χ1v) is 7.65. The van der Waals surface area contributed by atoms with Crippen LogP contribution in [-0.4, -0.2) is 18.8 Å². The number of ether oxygens (including phenoxy) is 2. The molecular formula is C17H27NO2. The first-order chi connectivity index (χ1) is 9.57. The van der Waals surface area contributed by atoms with Crippen molar-refractivity contribution in [1.29, 1.82) is 0 Å². The maximum Gasteiger partial charge on any atom is 0.120 e. The van der Waals surface area contributed by atoms with E-state index in [-0.39, 0.29) is 17.7 Å². The summed E-state index contributed by atoms with van der Waals surface area (Å²) in [4.78, 5) is 0. The SMILES string of the molecule is COC1(C(N)c2cccc(OC(C)C)c2)CCCCC1. The number of rotatable bonds is 5. The van der Waals surface area contributed by atoms with Crippen LogP contribution >= 0.6 is 0 Å². The van der Waals surface area contributed by atoms with Gasteiger partial charge in [-0.3, -0.25) is 0 Å². The van der Waals surface area contributed by atoms with E-state index in [1.807, 2.05) is 26.0 Å². The van der Waals surface area contributed by atoms with Gasteiger partial charge in [0.1, 0.15) is 5.75 Å². The molecule has 0 amide bonds.